The first kappa shape index (κ1) is 11.2. The van der Waals surface area contributed by atoms with Crippen LogP contribution in [0.2, 0.25) is 0 Å². The van der Waals surface area contributed by atoms with E-state index in [2.05, 4.69) is 17.2 Å². The minimum Gasteiger partial charge on any atom is -0.447 e. The molecule has 4 heteroatoms. The molecule has 0 aliphatic rings. The van der Waals surface area contributed by atoms with Crippen molar-refractivity contribution in [1.29, 1.82) is 0 Å². The molecule has 0 saturated heterocycles. The predicted molar refractivity (Wildman–Crippen MR) is 53.7 cm³/mol. The topological polar surface area (TPSA) is 58.3 Å². The molecule has 0 spiro atoms. The molecule has 1 aromatic heterocycles. The normalized spacial score (nSPS) is 13.0. The summed E-state index contributed by atoms with van der Waals surface area (Å²) in [5, 5.41) is 12.0. The fraction of sp³-hybridized carbons (Fsp3) is 0.700. The zero-order valence-corrected chi connectivity index (χ0v) is 8.57. The van der Waals surface area contributed by atoms with Gasteiger partial charge in [0.15, 0.2) is 6.39 Å². The lowest BCUT2D eigenvalue weighted by Gasteiger charge is -2.07. The van der Waals surface area contributed by atoms with Gasteiger partial charge in [-0.1, -0.05) is 6.92 Å². The Kier molecular flexibility index (Phi) is 5.25. The maximum absolute atomic E-state index is 8.80. The van der Waals surface area contributed by atoms with Crippen LogP contribution in [0.4, 0.5) is 0 Å². The number of rotatable bonds is 7. The van der Waals surface area contributed by atoms with Gasteiger partial charge in [0, 0.05) is 6.61 Å². The van der Waals surface area contributed by atoms with Gasteiger partial charge in [-0.2, -0.15) is 0 Å². The van der Waals surface area contributed by atoms with Crippen LogP contribution in [0.5, 0.6) is 0 Å². The Morgan fingerprint density at radius 3 is 3.14 bits per heavy atom. The van der Waals surface area contributed by atoms with E-state index < -0.39 is 0 Å². The monoisotopic (exact) mass is 198 g/mol. The maximum atomic E-state index is 8.80. The van der Waals surface area contributed by atoms with E-state index in [0.717, 1.165) is 31.7 Å². The van der Waals surface area contributed by atoms with E-state index in [-0.39, 0.29) is 6.61 Å². The second kappa shape index (κ2) is 6.56. The fourth-order valence-corrected chi connectivity index (χ4v) is 1.21. The molecule has 2 N–H and O–H groups in total. The van der Waals surface area contributed by atoms with Crippen molar-refractivity contribution in [2.45, 2.75) is 26.3 Å². The highest BCUT2D eigenvalue weighted by Crippen LogP contribution is 2.03. The Labute approximate surface area is 84.3 Å². The lowest BCUT2D eigenvalue weighted by atomic mass is 10.1. The van der Waals surface area contributed by atoms with Crippen molar-refractivity contribution >= 4 is 0 Å². The molecule has 0 aliphatic heterocycles. The first-order chi connectivity index (χ1) is 6.83. The van der Waals surface area contributed by atoms with Gasteiger partial charge < -0.3 is 14.8 Å². The van der Waals surface area contributed by atoms with Gasteiger partial charge in [0.2, 0.25) is 0 Å². The summed E-state index contributed by atoms with van der Waals surface area (Å²) in [6.45, 7) is 4.01. The second-order valence-corrected chi connectivity index (χ2v) is 3.57. The molecule has 4 nitrogen and oxygen atoms in total. The van der Waals surface area contributed by atoms with E-state index in [4.69, 9.17) is 9.52 Å². The van der Waals surface area contributed by atoms with Crippen LogP contribution in [-0.4, -0.2) is 23.2 Å². The van der Waals surface area contributed by atoms with E-state index in [9.17, 15) is 0 Å². The van der Waals surface area contributed by atoms with E-state index >= 15 is 0 Å². The second-order valence-electron chi connectivity index (χ2n) is 3.57. The summed E-state index contributed by atoms with van der Waals surface area (Å²) >= 11 is 0. The Hall–Kier alpha value is -0.870. The lowest BCUT2D eigenvalue weighted by Crippen LogP contribution is -2.15. The number of nitrogens with zero attached hydrogens (tertiary/aromatic N) is 1. The largest absolute Gasteiger partial charge is 0.447 e. The van der Waals surface area contributed by atoms with Crippen LogP contribution in [0, 0.1) is 5.92 Å². The standard InChI is InChI=1S/C10H18N2O2/c1-9(7-13)3-2-4-11-5-10-6-12-8-14-10/h6,8-9,11,13H,2-5,7H2,1H3. The quantitative estimate of drug-likeness (QED) is 0.646. The molecule has 1 aromatic rings. The summed E-state index contributed by atoms with van der Waals surface area (Å²) in [6.07, 6.45) is 5.28. The number of oxazole rings is 1. The van der Waals surface area contributed by atoms with Gasteiger partial charge in [-0.25, -0.2) is 4.98 Å². The highest BCUT2D eigenvalue weighted by Gasteiger charge is 1.99. The van der Waals surface area contributed by atoms with Gasteiger partial charge in [0.25, 0.3) is 0 Å². The minimum absolute atomic E-state index is 0.280. The molecule has 0 bridgehead atoms. The van der Waals surface area contributed by atoms with Crippen LogP contribution in [0.1, 0.15) is 25.5 Å². The van der Waals surface area contributed by atoms with E-state index in [0.29, 0.717) is 5.92 Å². The molecule has 0 aromatic carbocycles. The first-order valence-electron chi connectivity index (χ1n) is 5.02. The first-order valence-corrected chi connectivity index (χ1v) is 5.02. The van der Waals surface area contributed by atoms with Crippen molar-refractivity contribution in [3.8, 4) is 0 Å². The number of hydrogen-bond donors (Lipinski definition) is 2. The highest BCUT2D eigenvalue weighted by molar-refractivity contribution is 4.86. The van der Waals surface area contributed by atoms with E-state index in [1.165, 1.54) is 6.39 Å². The van der Waals surface area contributed by atoms with Gasteiger partial charge in [-0.3, -0.25) is 0 Å². The number of aliphatic hydroxyl groups excluding tert-OH is 1. The molecule has 1 atom stereocenters. The van der Waals surface area contributed by atoms with Gasteiger partial charge in [-0.15, -0.1) is 0 Å². The molecule has 0 aliphatic carbocycles. The summed E-state index contributed by atoms with van der Waals surface area (Å²) in [5.74, 6) is 1.27. The number of nitrogens with one attached hydrogen (secondary N) is 1. The number of aromatic nitrogens is 1. The molecule has 1 rings (SSSR count). The average Bonchev–Trinajstić information content (AvgIpc) is 2.69. The third-order valence-corrected chi connectivity index (χ3v) is 2.14. The van der Waals surface area contributed by atoms with Crippen LogP contribution in [0.25, 0.3) is 0 Å². The van der Waals surface area contributed by atoms with Gasteiger partial charge >= 0.3 is 0 Å². The molecule has 1 heterocycles. The van der Waals surface area contributed by atoms with Crippen LogP contribution in [0.3, 0.4) is 0 Å². The Morgan fingerprint density at radius 2 is 2.50 bits per heavy atom. The summed E-state index contributed by atoms with van der Waals surface area (Å²) in [5.41, 5.74) is 0. The van der Waals surface area contributed by atoms with Crippen LogP contribution in [0.15, 0.2) is 17.0 Å². The molecule has 14 heavy (non-hydrogen) atoms. The summed E-state index contributed by atoms with van der Waals surface area (Å²) < 4.78 is 5.07. The summed E-state index contributed by atoms with van der Waals surface area (Å²) in [7, 11) is 0. The average molecular weight is 198 g/mol. The maximum Gasteiger partial charge on any atom is 0.180 e. The van der Waals surface area contributed by atoms with Crippen molar-refractivity contribution in [3.63, 3.8) is 0 Å². The third kappa shape index (κ3) is 4.39. The lowest BCUT2D eigenvalue weighted by molar-refractivity contribution is 0.228. The van der Waals surface area contributed by atoms with Gasteiger partial charge in [0.1, 0.15) is 5.76 Å². The molecule has 0 amide bonds. The number of aliphatic hydroxyl groups is 1. The van der Waals surface area contributed by atoms with Crippen molar-refractivity contribution < 1.29 is 9.52 Å². The van der Waals surface area contributed by atoms with Crippen LogP contribution in [-0.2, 0) is 6.54 Å². The zero-order chi connectivity index (χ0) is 10.2. The summed E-state index contributed by atoms with van der Waals surface area (Å²) in [4.78, 5) is 3.82. The fourth-order valence-electron chi connectivity index (χ4n) is 1.21. The molecular formula is C10H18N2O2. The zero-order valence-electron chi connectivity index (χ0n) is 8.57. The Bertz CT molecular complexity index is 224. The predicted octanol–water partition coefficient (Wildman–Crippen LogP) is 1.17. The molecule has 0 fully saturated rings. The van der Waals surface area contributed by atoms with Crippen LogP contribution < -0.4 is 5.32 Å². The Balaban J connectivity index is 1.95. The molecule has 0 radical (unpaired) electrons. The SMILES string of the molecule is CC(CO)CCCNCc1cnco1. The van der Waals surface area contributed by atoms with Crippen molar-refractivity contribution in [1.82, 2.24) is 10.3 Å². The summed E-state index contributed by atoms with van der Waals surface area (Å²) in [6, 6.07) is 0. The molecule has 80 valence electrons. The van der Waals surface area contributed by atoms with Crippen LogP contribution >= 0.6 is 0 Å². The smallest absolute Gasteiger partial charge is 0.180 e. The van der Waals surface area contributed by atoms with Gasteiger partial charge in [0.05, 0.1) is 12.7 Å². The third-order valence-electron chi connectivity index (χ3n) is 2.14. The van der Waals surface area contributed by atoms with Crippen molar-refractivity contribution in [3.05, 3.63) is 18.4 Å². The minimum atomic E-state index is 0.280. The van der Waals surface area contributed by atoms with E-state index in [1.54, 1.807) is 6.20 Å². The number of hydrogen-bond acceptors (Lipinski definition) is 4. The molecule has 1 unspecified atom stereocenters. The van der Waals surface area contributed by atoms with E-state index in [1.807, 2.05) is 0 Å². The Morgan fingerprint density at radius 1 is 1.64 bits per heavy atom. The molecule has 0 saturated carbocycles. The van der Waals surface area contributed by atoms with Crippen molar-refractivity contribution in [2.24, 2.45) is 5.92 Å². The highest BCUT2D eigenvalue weighted by atomic mass is 16.3. The van der Waals surface area contributed by atoms with Crippen molar-refractivity contribution in [2.75, 3.05) is 13.2 Å². The molecular weight excluding hydrogens is 180 g/mol. The van der Waals surface area contributed by atoms with Gasteiger partial charge in [-0.05, 0) is 25.3 Å².